The van der Waals surface area contributed by atoms with Crippen LogP contribution < -0.4 is 14.2 Å². The average molecular weight is 541 g/mol. The third-order valence-corrected chi connectivity index (χ3v) is 7.31. The Morgan fingerprint density at radius 1 is 0.711 bits per heavy atom. The molecular formula is C33H48O4S. The number of ketones is 1. The van der Waals surface area contributed by atoms with Crippen molar-refractivity contribution in [1.82, 2.24) is 0 Å². The Labute approximate surface area is 235 Å². The summed E-state index contributed by atoms with van der Waals surface area (Å²) in [6.45, 7) is 10.6. The monoisotopic (exact) mass is 540 g/mol. The van der Waals surface area contributed by atoms with Gasteiger partial charge in [-0.15, -0.1) is 11.8 Å². The van der Waals surface area contributed by atoms with Crippen molar-refractivity contribution in [2.75, 3.05) is 25.6 Å². The van der Waals surface area contributed by atoms with Crippen LogP contribution in [0.25, 0.3) is 6.08 Å². The molecule has 0 saturated heterocycles. The Balaban J connectivity index is 2.27. The van der Waals surface area contributed by atoms with E-state index in [9.17, 15) is 4.79 Å². The van der Waals surface area contributed by atoms with Gasteiger partial charge in [-0.25, -0.2) is 0 Å². The number of thioether (sulfide) groups is 1. The minimum atomic E-state index is -0.0206. The van der Waals surface area contributed by atoms with Gasteiger partial charge >= 0.3 is 0 Å². The maximum Gasteiger partial charge on any atom is 0.203 e. The predicted octanol–water partition coefficient (Wildman–Crippen LogP) is 9.79. The highest BCUT2D eigenvalue weighted by atomic mass is 32.2. The molecule has 0 aliphatic rings. The fraction of sp³-hybridized carbons (Fsp3) is 0.545. The number of ether oxygens (including phenoxy) is 3. The quantitative estimate of drug-likeness (QED) is 0.0682. The summed E-state index contributed by atoms with van der Waals surface area (Å²) < 4.78 is 18.7. The Morgan fingerprint density at radius 3 is 1.74 bits per heavy atom. The van der Waals surface area contributed by atoms with Crippen LogP contribution in [0.5, 0.6) is 17.2 Å². The largest absolute Gasteiger partial charge is 0.490 e. The van der Waals surface area contributed by atoms with E-state index in [4.69, 9.17) is 14.2 Å². The van der Waals surface area contributed by atoms with Crippen LogP contribution in [0.15, 0.2) is 47.4 Å². The van der Waals surface area contributed by atoms with Crippen molar-refractivity contribution in [3.63, 3.8) is 0 Å². The lowest BCUT2D eigenvalue weighted by Crippen LogP contribution is -2.06. The van der Waals surface area contributed by atoms with Crippen LogP contribution in [-0.4, -0.2) is 31.4 Å². The van der Waals surface area contributed by atoms with Crippen molar-refractivity contribution in [2.24, 2.45) is 0 Å². The second-order valence-corrected chi connectivity index (χ2v) is 10.8. The van der Waals surface area contributed by atoms with E-state index < -0.39 is 0 Å². The van der Waals surface area contributed by atoms with E-state index in [1.807, 2.05) is 54.2 Å². The van der Waals surface area contributed by atoms with Crippen molar-refractivity contribution in [2.45, 2.75) is 96.8 Å². The number of rotatable bonds is 21. The molecule has 0 aliphatic heterocycles. The van der Waals surface area contributed by atoms with Crippen LogP contribution in [0.3, 0.4) is 0 Å². The van der Waals surface area contributed by atoms with Crippen molar-refractivity contribution >= 4 is 23.6 Å². The zero-order valence-electron chi connectivity index (χ0n) is 24.1. The second-order valence-electron chi connectivity index (χ2n) is 9.58. The first-order valence-corrected chi connectivity index (χ1v) is 15.6. The summed E-state index contributed by atoms with van der Waals surface area (Å²) in [6, 6.07) is 11.8. The molecule has 0 bridgehead atoms. The minimum Gasteiger partial charge on any atom is -0.490 e. The molecule has 210 valence electrons. The van der Waals surface area contributed by atoms with Crippen LogP contribution in [-0.2, 0) is 0 Å². The minimum absolute atomic E-state index is 0.0206. The Bertz CT molecular complexity index is 919. The van der Waals surface area contributed by atoms with Crippen LogP contribution in [0.2, 0.25) is 0 Å². The van der Waals surface area contributed by atoms with Gasteiger partial charge < -0.3 is 14.2 Å². The molecule has 0 fully saturated rings. The van der Waals surface area contributed by atoms with Crippen LogP contribution in [0.1, 0.15) is 108 Å². The number of allylic oxidation sites excluding steroid dienone is 1. The topological polar surface area (TPSA) is 44.8 Å². The van der Waals surface area contributed by atoms with E-state index >= 15 is 0 Å². The first kappa shape index (κ1) is 31.8. The zero-order chi connectivity index (χ0) is 27.4. The molecule has 0 heterocycles. The van der Waals surface area contributed by atoms with Gasteiger partial charge in [0.2, 0.25) is 5.75 Å². The third-order valence-electron chi connectivity index (χ3n) is 6.09. The van der Waals surface area contributed by atoms with E-state index in [0.29, 0.717) is 42.6 Å². The number of benzene rings is 2. The van der Waals surface area contributed by atoms with Gasteiger partial charge in [0.05, 0.1) is 19.8 Å². The van der Waals surface area contributed by atoms with Gasteiger partial charge in [-0.2, -0.15) is 0 Å². The summed E-state index contributed by atoms with van der Waals surface area (Å²) in [4.78, 5) is 14.1. The van der Waals surface area contributed by atoms with Gasteiger partial charge in [0.15, 0.2) is 17.3 Å². The summed E-state index contributed by atoms with van der Waals surface area (Å²) in [5.74, 6) is 3.12. The molecule has 38 heavy (non-hydrogen) atoms. The Morgan fingerprint density at radius 2 is 1.24 bits per heavy atom. The molecule has 0 atom stereocenters. The van der Waals surface area contributed by atoms with E-state index in [0.717, 1.165) is 75.5 Å². The molecule has 0 aromatic heterocycles. The third kappa shape index (κ3) is 12.0. The van der Waals surface area contributed by atoms with Gasteiger partial charge in [-0.3, -0.25) is 4.79 Å². The van der Waals surface area contributed by atoms with Crippen molar-refractivity contribution < 1.29 is 19.0 Å². The van der Waals surface area contributed by atoms with E-state index in [-0.39, 0.29) is 5.78 Å². The fourth-order valence-corrected chi connectivity index (χ4v) is 4.62. The lowest BCUT2D eigenvalue weighted by atomic mass is 10.1. The summed E-state index contributed by atoms with van der Waals surface area (Å²) in [5.41, 5.74) is 1.55. The average Bonchev–Trinajstić information content (AvgIpc) is 2.94. The molecule has 0 spiro atoms. The highest BCUT2D eigenvalue weighted by molar-refractivity contribution is 7.99. The van der Waals surface area contributed by atoms with E-state index in [1.54, 1.807) is 6.08 Å². The molecule has 0 saturated carbocycles. The molecule has 0 N–H and O–H groups in total. The van der Waals surface area contributed by atoms with Gasteiger partial charge in [0, 0.05) is 10.5 Å². The Kier molecular flexibility index (Phi) is 16.4. The van der Waals surface area contributed by atoms with E-state index in [1.165, 1.54) is 4.90 Å². The summed E-state index contributed by atoms with van der Waals surface area (Å²) in [7, 11) is 0. The number of hydrogen-bond acceptors (Lipinski definition) is 5. The highest BCUT2D eigenvalue weighted by Crippen LogP contribution is 2.40. The summed E-state index contributed by atoms with van der Waals surface area (Å²) >= 11 is 1.81. The molecule has 0 radical (unpaired) electrons. The predicted molar refractivity (Wildman–Crippen MR) is 162 cm³/mol. The molecule has 2 rings (SSSR count). The molecule has 4 nitrogen and oxygen atoms in total. The maximum absolute atomic E-state index is 12.9. The fourth-order valence-electron chi connectivity index (χ4n) is 3.85. The van der Waals surface area contributed by atoms with Crippen molar-refractivity contribution in [1.29, 1.82) is 0 Å². The Hall–Kier alpha value is -2.40. The first-order chi connectivity index (χ1) is 18.6. The van der Waals surface area contributed by atoms with Crippen LogP contribution in [0, 0.1) is 0 Å². The van der Waals surface area contributed by atoms with Crippen molar-refractivity contribution in [3.8, 4) is 17.2 Å². The standard InChI is InChI=1S/C33H48O4S/c1-5-9-12-21-35-31-25-27(15-20-30(34)28-16-18-29(19-17-28)38-24-8-4)26-32(36-22-13-10-6-2)33(31)37-23-14-11-7-3/h15-20,25-26H,5-14,21-24H2,1-4H3. The lowest BCUT2D eigenvalue weighted by Gasteiger charge is -2.18. The smallest absolute Gasteiger partial charge is 0.203 e. The van der Waals surface area contributed by atoms with Gasteiger partial charge in [-0.1, -0.05) is 72.3 Å². The molecular weight excluding hydrogens is 492 g/mol. The molecule has 0 amide bonds. The van der Waals surface area contributed by atoms with Crippen LogP contribution in [0.4, 0.5) is 0 Å². The number of carbonyl (C=O) groups excluding carboxylic acids is 1. The highest BCUT2D eigenvalue weighted by Gasteiger charge is 2.16. The van der Waals surface area contributed by atoms with Gasteiger partial charge in [0.1, 0.15) is 0 Å². The molecule has 0 unspecified atom stereocenters. The summed E-state index contributed by atoms with van der Waals surface area (Å²) in [5, 5.41) is 0. The second kappa shape index (κ2) is 19.6. The van der Waals surface area contributed by atoms with E-state index in [2.05, 4.69) is 27.7 Å². The SMILES string of the molecule is CCCCCOc1cc(C=CC(=O)c2ccc(SCCC)cc2)cc(OCCCCC)c1OCCCCC. The summed E-state index contributed by atoms with van der Waals surface area (Å²) in [6.07, 6.45) is 14.4. The van der Waals surface area contributed by atoms with Gasteiger partial charge in [-0.05, 0) is 79.5 Å². The first-order valence-electron chi connectivity index (χ1n) is 14.6. The number of hydrogen-bond donors (Lipinski definition) is 0. The molecule has 5 heteroatoms. The number of unbranched alkanes of at least 4 members (excludes halogenated alkanes) is 6. The number of carbonyl (C=O) groups is 1. The van der Waals surface area contributed by atoms with Crippen molar-refractivity contribution in [3.05, 3.63) is 53.6 Å². The van der Waals surface area contributed by atoms with Gasteiger partial charge in [0.25, 0.3) is 0 Å². The molecule has 2 aromatic rings. The maximum atomic E-state index is 12.9. The normalized spacial score (nSPS) is 11.2. The molecule has 0 aliphatic carbocycles. The molecule has 2 aromatic carbocycles. The zero-order valence-corrected chi connectivity index (χ0v) is 24.9. The lowest BCUT2D eigenvalue weighted by molar-refractivity contribution is 0.104. The van der Waals surface area contributed by atoms with Crippen LogP contribution >= 0.6 is 11.8 Å².